The average Bonchev–Trinajstić information content (AvgIpc) is 2.78. The molecule has 1 aliphatic heterocycles. The van der Waals surface area contributed by atoms with E-state index in [-0.39, 0.29) is 23.6 Å². The number of anilines is 1. The van der Waals surface area contributed by atoms with Crippen LogP contribution in [-0.2, 0) is 13.0 Å². The van der Waals surface area contributed by atoms with E-state index < -0.39 is 0 Å². The minimum Gasteiger partial charge on any atom is -0.362 e. The first-order valence-corrected chi connectivity index (χ1v) is 11.1. The van der Waals surface area contributed by atoms with Gasteiger partial charge in [0, 0.05) is 50.5 Å². The van der Waals surface area contributed by atoms with Crippen molar-refractivity contribution in [2.45, 2.75) is 45.8 Å². The highest BCUT2D eigenvalue weighted by molar-refractivity contribution is 5.92. The summed E-state index contributed by atoms with van der Waals surface area (Å²) in [4.78, 5) is 40.6. The van der Waals surface area contributed by atoms with Crippen LogP contribution in [0, 0.1) is 0 Å². The molecule has 4 heterocycles. The van der Waals surface area contributed by atoms with Gasteiger partial charge in [0.05, 0.1) is 22.9 Å². The number of nitrogens with zero attached hydrogens (tertiary/aromatic N) is 4. The van der Waals surface area contributed by atoms with Gasteiger partial charge in [-0.3, -0.25) is 19.5 Å². The molecule has 1 fully saturated rings. The first-order chi connectivity index (χ1) is 15.4. The van der Waals surface area contributed by atoms with Crippen LogP contribution in [0.25, 0.3) is 11.0 Å². The van der Waals surface area contributed by atoms with Gasteiger partial charge in [0.25, 0.3) is 11.5 Å². The lowest BCUT2D eigenvalue weighted by Gasteiger charge is -2.45. The fourth-order valence-corrected chi connectivity index (χ4v) is 4.65. The van der Waals surface area contributed by atoms with Crippen molar-refractivity contribution in [1.29, 1.82) is 0 Å². The van der Waals surface area contributed by atoms with Crippen molar-refractivity contribution in [2.75, 3.05) is 25.0 Å². The maximum absolute atomic E-state index is 12.2. The van der Waals surface area contributed by atoms with Crippen LogP contribution in [-0.4, -0.2) is 58.0 Å². The molecule has 0 unspecified atom stereocenters. The predicted molar refractivity (Wildman–Crippen MR) is 126 cm³/mol. The minimum absolute atomic E-state index is 0.0362. The Labute approximate surface area is 187 Å². The molecular formula is C24H30N6O2. The second-order valence-corrected chi connectivity index (χ2v) is 8.53. The monoisotopic (exact) mass is 434 g/mol. The van der Waals surface area contributed by atoms with Gasteiger partial charge in [0.2, 0.25) is 0 Å². The molecule has 8 heteroatoms. The number of fused-ring (bicyclic) bond motifs is 1. The summed E-state index contributed by atoms with van der Waals surface area (Å²) in [6.45, 7) is 8.95. The number of H-pyrrole nitrogens is 1. The number of nitrogens with one attached hydrogen (secondary N) is 2. The van der Waals surface area contributed by atoms with Crippen LogP contribution in [0.5, 0.6) is 0 Å². The molecule has 4 rings (SSSR count). The Bertz CT molecular complexity index is 1160. The fraction of sp³-hybridized carbons (Fsp3) is 0.417. The van der Waals surface area contributed by atoms with Crippen LogP contribution in [0.4, 0.5) is 5.69 Å². The van der Waals surface area contributed by atoms with Crippen LogP contribution in [0.3, 0.4) is 0 Å². The van der Waals surface area contributed by atoms with Crippen molar-refractivity contribution in [3.63, 3.8) is 0 Å². The number of aryl methyl sites for hydroxylation is 1. The predicted octanol–water partition coefficient (Wildman–Crippen LogP) is 2.34. The number of pyridine rings is 3. The van der Waals surface area contributed by atoms with Gasteiger partial charge in [-0.05, 0) is 50.1 Å². The minimum atomic E-state index is -0.182. The van der Waals surface area contributed by atoms with Crippen molar-refractivity contribution in [2.24, 2.45) is 0 Å². The van der Waals surface area contributed by atoms with E-state index in [1.54, 1.807) is 19.3 Å². The number of carbonyl (C=O) groups is 1. The number of aromatic nitrogens is 3. The molecule has 0 aliphatic carbocycles. The number of hydrogen-bond donors (Lipinski definition) is 2. The summed E-state index contributed by atoms with van der Waals surface area (Å²) < 4.78 is 0. The van der Waals surface area contributed by atoms with E-state index in [2.05, 4.69) is 43.9 Å². The molecule has 32 heavy (non-hydrogen) atoms. The number of carbonyl (C=O) groups excluding carboxylic acids is 1. The van der Waals surface area contributed by atoms with E-state index in [0.29, 0.717) is 12.1 Å². The fourth-order valence-electron chi connectivity index (χ4n) is 4.65. The lowest BCUT2D eigenvalue weighted by atomic mass is 10.1. The first kappa shape index (κ1) is 22.0. The van der Waals surface area contributed by atoms with E-state index in [0.717, 1.165) is 47.5 Å². The van der Waals surface area contributed by atoms with Gasteiger partial charge in [-0.25, -0.2) is 4.98 Å². The van der Waals surface area contributed by atoms with E-state index in [1.807, 2.05) is 31.3 Å². The topological polar surface area (TPSA) is 94.2 Å². The zero-order valence-electron chi connectivity index (χ0n) is 19.1. The Hall–Kier alpha value is -3.26. The molecule has 2 N–H and O–H groups in total. The van der Waals surface area contributed by atoms with Crippen LogP contribution in [0.15, 0.2) is 41.5 Å². The maximum Gasteiger partial charge on any atom is 0.269 e. The van der Waals surface area contributed by atoms with Crippen LogP contribution >= 0.6 is 0 Å². The van der Waals surface area contributed by atoms with Gasteiger partial charge in [0.15, 0.2) is 0 Å². The van der Waals surface area contributed by atoms with E-state index >= 15 is 0 Å². The Morgan fingerprint density at radius 2 is 1.91 bits per heavy atom. The zero-order valence-corrected chi connectivity index (χ0v) is 19.1. The van der Waals surface area contributed by atoms with Crippen molar-refractivity contribution < 1.29 is 4.79 Å². The molecule has 0 aromatic carbocycles. The van der Waals surface area contributed by atoms with Gasteiger partial charge < -0.3 is 15.2 Å². The van der Waals surface area contributed by atoms with E-state index in [4.69, 9.17) is 0 Å². The molecule has 0 radical (unpaired) electrons. The third kappa shape index (κ3) is 4.36. The van der Waals surface area contributed by atoms with E-state index in [1.165, 1.54) is 0 Å². The number of piperazine rings is 1. The molecule has 8 nitrogen and oxygen atoms in total. The van der Waals surface area contributed by atoms with Crippen LogP contribution in [0.1, 0.15) is 42.4 Å². The van der Waals surface area contributed by atoms with Gasteiger partial charge in [-0.15, -0.1) is 0 Å². The lowest BCUT2D eigenvalue weighted by molar-refractivity contribution is 0.0958. The van der Waals surface area contributed by atoms with Crippen molar-refractivity contribution in [3.8, 4) is 0 Å². The lowest BCUT2D eigenvalue weighted by Crippen LogP contribution is -2.56. The molecule has 0 saturated carbocycles. The van der Waals surface area contributed by atoms with Crippen LogP contribution < -0.4 is 15.8 Å². The van der Waals surface area contributed by atoms with Crippen molar-refractivity contribution in [1.82, 2.24) is 25.2 Å². The highest BCUT2D eigenvalue weighted by Crippen LogP contribution is 2.25. The highest BCUT2D eigenvalue weighted by atomic mass is 16.1. The van der Waals surface area contributed by atoms with E-state index in [9.17, 15) is 9.59 Å². The largest absolute Gasteiger partial charge is 0.362 e. The number of amides is 1. The quantitative estimate of drug-likeness (QED) is 0.640. The Morgan fingerprint density at radius 1 is 1.16 bits per heavy atom. The SMILES string of the molecule is CCc1cc2ncc(CN3C[C@@H](C)N(c4ccc(C(=O)NC)nc4)[C@@H](C)C3)cc2[nH]c1=O. The molecule has 0 bridgehead atoms. The van der Waals surface area contributed by atoms with Crippen molar-refractivity contribution >= 4 is 22.6 Å². The molecule has 2 atom stereocenters. The second kappa shape index (κ2) is 9.08. The summed E-state index contributed by atoms with van der Waals surface area (Å²) >= 11 is 0. The Balaban J connectivity index is 1.47. The van der Waals surface area contributed by atoms with Crippen molar-refractivity contribution in [3.05, 3.63) is 63.8 Å². The van der Waals surface area contributed by atoms with Crippen LogP contribution in [0.2, 0.25) is 0 Å². The summed E-state index contributed by atoms with van der Waals surface area (Å²) in [7, 11) is 1.60. The Morgan fingerprint density at radius 3 is 2.53 bits per heavy atom. The molecule has 1 amide bonds. The molecular weight excluding hydrogens is 404 g/mol. The third-order valence-electron chi connectivity index (χ3n) is 6.11. The number of hydrogen-bond acceptors (Lipinski definition) is 6. The molecule has 3 aromatic rings. The molecule has 3 aromatic heterocycles. The first-order valence-electron chi connectivity index (χ1n) is 11.1. The molecule has 168 valence electrons. The van der Waals surface area contributed by atoms with Gasteiger partial charge in [-0.2, -0.15) is 0 Å². The second-order valence-electron chi connectivity index (χ2n) is 8.53. The molecule has 0 spiro atoms. The summed E-state index contributed by atoms with van der Waals surface area (Å²) in [5, 5.41) is 2.60. The van der Waals surface area contributed by atoms with Gasteiger partial charge in [-0.1, -0.05) is 6.92 Å². The highest BCUT2D eigenvalue weighted by Gasteiger charge is 2.30. The summed E-state index contributed by atoms with van der Waals surface area (Å²) in [5.41, 5.74) is 4.86. The van der Waals surface area contributed by atoms with Gasteiger partial charge in [0.1, 0.15) is 5.69 Å². The Kier molecular flexibility index (Phi) is 6.23. The average molecular weight is 435 g/mol. The summed E-state index contributed by atoms with van der Waals surface area (Å²) in [6.07, 6.45) is 4.38. The molecule has 1 aliphatic rings. The zero-order chi connectivity index (χ0) is 22.8. The normalized spacial score (nSPS) is 19.3. The summed E-state index contributed by atoms with van der Waals surface area (Å²) in [5.74, 6) is -0.182. The molecule has 1 saturated heterocycles. The summed E-state index contributed by atoms with van der Waals surface area (Å²) in [6, 6.07) is 8.22. The number of aromatic amines is 1. The smallest absolute Gasteiger partial charge is 0.269 e. The standard InChI is InChI=1S/C24H30N6O2/c1-5-18-9-21-22(28-23(18)31)8-17(10-26-21)14-29-12-15(2)30(16(3)13-29)19-6-7-20(27-11-19)24(32)25-4/h6-11,15-16H,5,12-14H2,1-4H3,(H,25,32)(H,28,31)/t15-,16+. The number of rotatable bonds is 5. The van der Waals surface area contributed by atoms with Gasteiger partial charge >= 0.3 is 0 Å². The third-order valence-corrected chi connectivity index (χ3v) is 6.11. The maximum atomic E-state index is 12.2.